The highest BCUT2D eigenvalue weighted by molar-refractivity contribution is 7.92. The molecular formula is C31H38ClN3O4S. The molecule has 0 fully saturated rings. The standard InChI is InChI=1S/C31H38ClN3O4S/c1-7-24(5)33-31(37)25(6)34(19-26-13-8-21(2)9-14-26)30(36)20-35(27-15-12-23(4)29(32)18-27)40(38,39)28-16-10-22(3)11-17-28/h8-18,24-25H,7,19-20H2,1-6H3,(H,33,37)/t24-,25-/m1/s1. The van der Waals surface area contributed by atoms with Gasteiger partial charge in [-0.05, 0) is 76.4 Å². The summed E-state index contributed by atoms with van der Waals surface area (Å²) in [6.07, 6.45) is 0.737. The van der Waals surface area contributed by atoms with E-state index in [0.29, 0.717) is 5.02 Å². The molecule has 1 N–H and O–H groups in total. The lowest BCUT2D eigenvalue weighted by molar-refractivity contribution is -0.139. The van der Waals surface area contributed by atoms with Crippen molar-refractivity contribution in [1.82, 2.24) is 10.2 Å². The zero-order valence-corrected chi connectivity index (χ0v) is 25.5. The molecule has 3 rings (SSSR count). The molecule has 0 bridgehead atoms. The van der Waals surface area contributed by atoms with Crippen LogP contribution in [0.25, 0.3) is 0 Å². The van der Waals surface area contributed by atoms with Crippen molar-refractivity contribution in [2.24, 2.45) is 0 Å². The van der Waals surface area contributed by atoms with Gasteiger partial charge in [-0.1, -0.05) is 72.1 Å². The molecule has 3 aromatic rings. The van der Waals surface area contributed by atoms with Gasteiger partial charge in [0, 0.05) is 17.6 Å². The number of benzene rings is 3. The molecule has 0 saturated carbocycles. The minimum atomic E-state index is -4.15. The van der Waals surface area contributed by atoms with E-state index in [1.165, 1.54) is 17.0 Å². The monoisotopic (exact) mass is 583 g/mol. The second kappa shape index (κ2) is 13.3. The lowest BCUT2D eigenvalue weighted by atomic mass is 10.1. The Morgan fingerprint density at radius 2 is 1.48 bits per heavy atom. The highest BCUT2D eigenvalue weighted by Crippen LogP contribution is 2.29. The van der Waals surface area contributed by atoms with Gasteiger partial charge in [0.05, 0.1) is 10.6 Å². The Morgan fingerprint density at radius 3 is 2.02 bits per heavy atom. The Labute approximate surface area is 243 Å². The molecule has 2 atom stereocenters. The molecule has 0 aliphatic carbocycles. The number of aryl methyl sites for hydroxylation is 3. The third-order valence-electron chi connectivity index (χ3n) is 6.97. The van der Waals surface area contributed by atoms with Crippen molar-refractivity contribution in [2.75, 3.05) is 10.8 Å². The fourth-order valence-corrected chi connectivity index (χ4v) is 5.62. The first-order valence-electron chi connectivity index (χ1n) is 13.3. The molecule has 0 saturated heterocycles. The van der Waals surface area contributed by atoms with E-state index in [1.807, 2.05) is 58.9 Å². The number of nitrogens with one attached hydrogen (secondary N) is 1. The smallest absolute Gasteiger partial charge is 0.264 e. The lowest BCUT2D eigenvalue weighted by Crippen LogP contribution is -2.52. The minimum absolute atomic E-state index is 0.0512. The van der Waals surface area contributed by atoms with Gasteiger partial charge in [0.15, 0.2) is 0 Å². The van der Waals surface area contributed by atoms with Crippen LogP contribution >= 0.6 is 11.6 Å². The van der Waals surface area contributed by atoms with Gasteiger partial charge >= 0.3 is 0 Å². The van der Waals surface area contributed by atoms with Crippen LogP contribution in [-0.2, 0) is 26.2 Å². The maximum absolute atomic E-state index is 14.0. The van der Waals surface area contributed by atoms with Crippen LogP contribution in [0.3, 0.4) is 0 Å². The number of hydrogen-bond donors (Lipinski definition) is 1. The van der Waals surface area contributed by atoms with E-state index in [2.05, 4.69) is 5.32 Å². The zero-order chi connectivity index (χ0) is 29.6. The van der Waals surface area contributed by atoms with Crippen LogP contribution in [0.15, 0.2) is 71.6 Å². The van der Waals surface area contributed by atoms with Crippen LogP contribution in [-0.4, -0.2) is 43.8 Å². The van der Waals surface area contributed by atoms with Crippen molar-refractivity contribution in [3.05, 3.63) is 94.0 Å². The van der Waals surface area contributed by atoms with Crippen LogP contribution in [0.5, 0.6) is 0 Å². The Kier molecular flexibility index (Phi) is 10.4. The Hall–Kier alpha value is -3.36. The molecule has 0 aromatic heterocycles. The van der Waals surface area contributed by atoms with Gasteiger partial charge in [-0.2, -0.15) is 0 Å². The number of carbonyl (C=O) groups excluding carboxylic acids is 2. The van der Waals surface area contributed by atoms with Gasteiger partial charge in [0.25, 0.3) is 10.0 Å². The molecule has 9 heteroatoms. The van der Waals surface area contributed by atoms with E-state index in [0.717, 1.165) is 33.0 Å². The predicted molar refractivity (Wildman–Crippen MR) is 161 cm³/mol. The minimum Gasteiger partial charge on any atom is -0.352 e. The molecule has 0 radical (unpaired) electrons. The van der Waals surface area contributed by atoms with Gasteiger partial charge < -0.3 is 10.2 Å². The van der Waals surface area contributed by atoms with E-state index in [-0.39, 0.29) is 29.1 Å². The molecule has 0 heterocycles. The van der Waals surface area contributed by atoms with Crippen LogP contribution in [0, 0.1) is 20.8 Å². The molecule has 0 aliphatic heterocycles. The summed E-state index contributed by atoms with van der Waals surface area (Å²) in [7, 11) is -4.15. The van der Waals surface area contributed by atoms with Gasteiger partial charge in [-0.15, -0.1) is 0 Å². The fraction of sp³-hybridized carbons (Fsp3) is 0.355. The molecule has 0 aliphatic rings. The van der Waals surface area contributed by atoms with E-state index in [4.69, 9.17) is 11.6 Å². The number of halogens is 1. The van der Waals surface area contributed by atoms with Gasteiger partial charge in [-0.3, -0.25) is 13.9 Å². The number of nitrogens with zero attached hydrogens (tertiary/aromatic N) is 2. The summed E-state index contributed by atoms with van der Waals surface area (Å²) in [5, 5.41) is 3.32. The summed E-state index contributed by atoms with van der Waals surface area (Å²) in [5.74, 6) is -0.819. The highest BCUT2D eigenvalue weighted by Gasteiger charge is 2.33. The normalized spacial score (nSPS) is 12.9. The maximum Gasteiger partial charge on any atom is 0.264 e. The first kappa shape index (κ1) is 31.2. The van der Waals surface area contributed by atoms with Crippen LogP contribution in [0.4, 0.5) is 5.69 Å². The second-order valence-electron chi connectivity index (χ2n) is 10.3. The molecule has 2 amide bonds. The average Bonchev–Trinajstić information content (AvgIpc) is 2.92. The van der Waals surface area contributed by atoms with Crippen molar-refractivity contribution in [1.29, 1.82) is 0 Å². The van der Waals surface area contributed by atoms with Crippen molar-refractivity contribution >= 4 is 39.1 Å². The molecule has 0 unspecified atom stereocenters. The van der Waals surface area contributed by atoms with Crippen LogP contribution < -0.4 is 9.62 Å². The fourth-order valence-electron chi connectivity index (χ4n) is 4.04. The molecule has 3 aromatic carbocycles. The number of rotatable bonds is 11. The quantitative estimate of drug-likeness (QED) is 0.309. The number of carbonyl (C=O) groups is 2. The van der Waals surface area contributed by atoms with Crippen LogP contribution in [0.2, 0.25) is 5.02 Å². The van der Waals surface area contributed by atoms with Crippen molar-refractivity contribution in [2.45, 2.75) is 71.5 Å². The summed E-state index contributed by atoms with van der Waals surface area (Å²) >= 11 is 6.38. The Balaban J connectivity index is 2.04. The lowest BCUT2D eigenvalue weighted by Gasteiger charge is -2.32. The summed E-state index contributed by atoms with van der Waals surface area (Å²) in [4.78, 5) is 28.6. The van der Waals surface area contributed by atoms with E-state index in [9.17, 15) is 18.0 Å². The van der Waals surface area contributed by atoms with E-state index >= 15 is 0 Å². The molecule has 7 nitrogen and oxygen atoms in total. The largest absolute Gasteiger partial charge is 0.352 e. The molecule has 40 heavy (non-hydrogen) atoms. The first-order valence-corrected chi connectivity index (χ1v) is 15.2. The third kappa shape index (κ3) is 7.64. The average molecular weight is 584 g/mol. The van der Waals surface area contributed by atoms with Crippen molar-refractivity contribution < 1.29 is 18.0 Å². The Morgan fingerprint density at radius 1 is 0.900 bits per heavy atom. The topological polar surface area (TPSA) is 86.8 Å². The van der Waals surface area contributed by atoms with Gasteiger partial charge in [0.1, 0.15) is 12.6 Å². The zero-order valence-electron chi connectivity index (χ0n) is 23.9. The van der Waals surface area contributed by atoms with E-state index < -0.39 is 28.5 Å². The summed E-state index contributed by atoms with van der Waals surface area (Å²) in [5.41, 5.74) is 3.84. The maximum atomic E-state index is 14.0. The molecule has 214 valence electrons. The number of anilines is 1. The molecule has 0 spiro atoms. The third-order valence-corrected chi connectivity index (χ3v) is 9.17. The first-order chi connectivity index (χ1) is 18.8. The molecular weight excluding hydrogens is 546 g/mol. The summed E-state index contributed by atoms with van der Waals surface area (Å²) < 4.78 is 28.9. The number of amides is 2. The second-order valence-corrected chi connectivity index (χ2v) is 12.5. The summed E-state index contributed by atoms with van der Waals surface area (Å²) in [6, 6.07) is 18.1. The Bertz CT molecular complexity index is 1440. The summed E-state index contributed by atoms with van der Waals surface area (Å²) in [6.45, 7) is 10.8. The van der Waals surface area contributed by atoms with E-state index in [1.54, 1.807) is 37.3 Å². The van der Waals surface area contributed by atoms with Gasteiger partial charge in [0.2, 0.25) is 11.8 Å². The number of hydrogen-bond acceptors (Lipinski definition) is 4. The SMILES string of the molecule is CC[C@@H](C)NC(=O)[C@@H](C)N(Cc1ccc(C)cc1)C(=O)CN(c1ccc(C)c(Cl)c1)S(=O)(=O)c1ccc(C)cc1. The number of sulfonamides is 1. The van der Waals surface area contributed by atoms with Crippen molar-refractivity contribution in [3.63, 3.8) is 0 Å². The van der Waals surface area contributed by atoms with Gasteiger partial charge in [-0.25, -0.2) is 8.42 Å². The predicted octanol–water partition coefficient (Wildman–Crippen LogP) is 5.79. The highest BCUT2D eigenvalue weighted by atomic mass is 35.5. The van der Waals surface area contributed by atoms with Crippen molar-refractivity contribution in [3.8, 4) is 0 Å². The van der Waals surface area contributed by atoms with Crippen LogP contribution in [0.1, 0.15) is 49.4 Å².